The molecule has 0 bridgehead atoms. The van der Waals surface area contributed by atoms with Crippen LogP contribution in [0.3, 0.4) is 0 Å². The number of rotatable bonds is 4. The van der Waals surface area contributed by atoms with E-state index >= 15 is 0 Å². The van der Waals surface area contributed by atoms with Crippen LogP contribution in [0.2, 0.25) is 0 Å². The van der Waals surface area contributed by atoms with Crippen molar-refractivity contribution in [1.29, 1.82) is 0 Å². The van der Waals surface area contributed by atoms with E-state index in [1.165, 1.54) is 0 Å². The van der Waals surface area contributed by atoms with E-state index < -0.39 is 8.56 Å². The Morgan fingerprint density at radius 1 is 1.11 bits per heavy atom. The van der Waals surface area contributed by atoms with Crippen LogP contribution in [0.15, 0.2) is 24.6 Å². The van der Waals surface area contributed by atoms with Crippen molar-refractivity contribution >= 4 is 29.5 Å². The molecule has 0 heterocycles. The Labute approximate surface area is 62.9 Å². The molecule has 0 amide bonds. The molecule has 0 saturated carbocycles. The van der Waals surface area contributed by atoms with Gasteiger partial charge in [0.2, 0.25) is 0 Å². The third-order valence-corrected chi connectivity index (χ3v) is 7.45. The molecule has 0 N–H and O–H groups in total. The van der Waals surface area contributed by atoms with Crippen LogP contribution >= 0.6 is 0 Å². The molecule has 0 aromatic heterocycles. The number of hydrogen-bond acceptors (Lipinski definition) is 2. The van der Waals surface area contributed by atoms with Crippen LogP contribution < -0.4 is 0 Å². The Kier molecular flexibility index (Phi) is 3.98. The van der Waals surface area contributed by atoms with E-state index in [4.69, 9.17) is 8.23 Å². The molecule has 0 aliphatic carbocycles. The summed E-state index contributed by atoms with van der Waals surface area (Å²) >= 11 is 0. The van der Waals surface area contributed by atoms with Gasteiger partial charge in [-0.25, -0.2) is 0 Å². The molecule has 0 aromatic rings. The SMILES string of the molecule is C=C[Si](C=C)(O[SiH3])O[SiH3]. The molecule has 9 heavy (non-hydrogen) atoms. The highest BCUT2D eigenvalue weighted by Crippen LogP contribution is 2.04. The van der Waals surface area contributed by atoms with Crippen molar-refractivity contribution in [3.63, 3.8) is 0 Å². The van der Waals surface area contributed by atoms with Crippen LogP contribution in [0, 0.1) is 0 Å². The molecule has 5 heteroatoms. The average Bonchev–Trinajstić information content (AvgIpc) is 1.95. The molecule has 0 radical (unpaired) electrons. The van der Waals surface area contributed by atoms with E-state index in [0.29, 0.717) is 21.0 Å². The van der Waals surface area contributed by atoms with Gasteiger partial charge in [-0.05, 0) is 11.4 Å². The molecule has 0 unspecified atom stereocenters. The second-order valence-electron chi connectivity index (χ2n) is 1.54. The van der Waals surface area contributed by atoms with Crippen LogP contribution in [0.1, 0.15) is 0 Å². The van der Waals surface area contributed by atoms with Crippen LogP contribution in [-0.2, 0) is 8.23 Å². The van der Waals surface area contributed by atoms with Gasteiger partial charge in [0.05, 0.1) is 0 Å². The van der Waals surface area contributed by atoms with E-state index in [2.05, 4.69) is 13.2 Å². The van der Waals surface area contributed by atoms with Crippen LogP contribution in [0.25, 0.3) is 0 Å². The summed E-state index contributed by atoms with van der Waals surface area (Å²) in [6.07, 6.45) is 0. The largest absolute Gasteiger partial charge is 0.439 e. The predicted molar refractivity (Wildman–Crippen MR) is 48.2 cm³/mol. The van der Waals surface area contributed by atoms with Crippen molar-refractivity contribution in [2.24, 2.45) is 0 Å². The van der Waals surface area contributed by atoms with Crippen LogP contribution in [0.4, 0.5) is 0 Å². The van der Waals surface area contributed by atoms with Crippen molar-refractivity contribution in [2.75, 3.05) is 0 Å². The Balaban J connectivity index is 4.15. The summed E-state index contributed by atoms with van der Waals surface area (Å²) in [5, 5.41) is 0. The fourth-order valence-electron chi connectivity index (χ4n) is 0.500. The third-order valence-electron chi connectivity index (χ3n) is 1.21. The molecular weight excluding hydrogens is 164 g/mol. The highest BCUT2D eigenvalue weighted by molar-refractivity contribution is 6.81. The summed E-state index contributed by atoms with van der Waals surface area (Å²) < 4.78 is 10.5. The van der Waals surface area contributed by atoms with Gasteiger partial charge >= 0.3 is 8.56 Å². The van der Waals surface area contributed by atoms with Gasteiger partial charge in [0, 0.05) is 0 Å². The molecule has 0 rings (SSSR count). The second kappa shape index (κ2) is 3.96. The smallest absolute Gasteiger partial charge is 0.369 e. The van der Waals surface area contributed by atoms with Gasteiger partial charge in [0.1, 0.15) is 21.0 Å². The van der Waals surface area contributed by atoms with Gasteiger partial charge in [-0.3, -0.25) is 0 Å². The molecule has 0 aliphatic rings. The highest BCUT2D eigenvalue weighted by Gasteiger charge is 2.24. The summed E-state index contributed by atoms with van der Waals surface area (Å²) in [6.45, 7) is 7.26. The Morgan fingerprint density at radius 2 is 1.44 bits per heavy atom. The highest BCUT2D eigenvalue weighted by atomic mass is 28.4. The molecule has 0 spiro atoms. The second-order valence-corrected chi connectivity index (χ2v) is 7.06. The summed E-state index contributed by atoms with van der Waals surface area (Å²) in [5.41, 5.74) is 3.50. The lowest BCUT2D eigenvalue weighted by molar-refractivity contribution is 0.462. The Hall–Kier alpha value is 0.0506. The lowest BCUT2D eigenvalue weighted by atomic mass is 11.2. The van der Waals surface area contributed by atoms with Crippen molar-refractivity contribution in [3.8, 4) is 0 Å². The molecule has 0 aliphatic heterocycles. The van der Waals surface area contributed by atoms with Crippen LogP contribution in [0.5, 0.6) is 0 Å². The number of hydrogen-bond donors (Lipinski definition) is 0. The molecule has 0 aromatic carbocycles. The molecular formula is C4H12O2Si3. The normalized spacial score (nSPS) is 11.6. The standard InChI is InChI=1S/C4H12O2Si3/c1-3-9(4-2,5-7)6-8/h3-4H,1-2H2,7-8H3. The molecule has 0 fully saturated rings. The first kappa shape index (κ1) is 9.05. The summed E-state index contributed by atoms with van der Waals surface area (Å²) in [7, 11) is -0.657. The fraction of sp³-hybridized carbons (Fsp3) is 0. The third kappa shape index (κ3) is 2.03. The van der Waals surface area contributed by atoms with Crippen molar-refractivity contribution in [1.82, 2.24) is 0 Å². The van der Waals surface area contributed by atoms with Crippen molar-refractivity contribution in [3.05, 3.63) is 24.6 Å². The molecule has 0 saturated heterocycles. The first-order chi connectivity index (χ1) is 4.24. The molecule has 0 atom stereocenters. The lowest BCUT2D eigenvalue weighted by Crippen LogP contribution is -2.36. The van der Waals surface area contributed by atoms with Gasteiger partial charge in [-0.2, -0.15) is 0 Å². The van der Waals surface area contributed by atoms with E-state index in [9.17, 15) is 0 Å². The predicted octanol–water partition coefficient (Wildman–Crippen LogP) is -1.53. The van der Waals surface area contributed by atoms with E-state index in [0.717, 1.165) is 0 Å². The lowest BCUT2D eigenvalue weighted by Gasteiger charge is -2.19. The monoisotopic (exact) mass is 176 g/mol. The maximum atomic E-state index is 5.24. The first-order valence-electron chi connectivity index (χ1n) is 2.62. The minimum absolute atomic E-state index is 0.692. The minimum Gasteiger partial charge on any atom is -0.439 e. The van der Waals surface area contributed by atoms with Gasteiger partial charge in [-0.1, -0.05) is 0 Å². The maximum absolute atomic E-state index is 5.24. The van der Waals surface area contributed by atoms with Gasteiger partial charge in [-0.15, -0.1) is 13.2 Å². The summed E-state index contributed by atoms with van der Waals surface area (Å²) in [5.74, 6) is 0. The molecule has 2 nitrogen and oxygen atoms in total. The van der Waals surface area contributed by atoms with Crippen molar-refractivity contribution < 1.29 is 8.23 Å². The Bertz CT molecular complexity index is 100. The maximum Gasteiger partial charge on any atom is 0.369 e. The topological polar surface area (TPSA) is 18.5 Å². The molecule has 52 valence electrons. The van der Waals surface area contributed by atoms with E-state index in [-0.39, 0.29) is 0 Å². The summed E-state index contributed by atoms with van der Waals surface area (Å²) in [6, 6.07) is 0. The zero-order valence-corrected chi connectivity index (χ0v) is 10.9. The first-order valence-corrected chi connectivity index (χ1v) is 6.22. The zero-order valence-electron chi connectivity index (χ0n) is 5.89. The summed E-state index contributed by atoms with van der Waals surface area (Å²) in [4.78, 5) is 0. The average molecular weight is 176 g/mol. The Morgan fingerprint density at radius 3 is 1.44 bits per heavy atom. The van der Waals surface area contributed by atoms with Gasteiger partial charge in [0.15, 0.2) is 0 Å². The van der Waals surface area contributed by atoms with E-state index in [1.807, 2.05) is 0 Å². The van der Waals surface area contributed by atoms with Crippen LogP contribution in [-0.4, -0.2) is 29.5 Å². The fourth-order valence-corrected chi connectivity index (χ4v) is 5.50. The minimum atomic E-state index is -2.04. The van der Waals surface area contributed by atoms with E-state index in [1.54, 1.807) is 11.4 Å². The zero-order chi connectivity index (χ0) is 7.33. The van der Waals surface area contributed by atoms with Gasteiger partial charge in [0.25, 0.3) is 0 Å². The van der Waals surface area contributed by atoms with Gasteiger partial charge < -0.3 is 8.23 Å². The van der Waals surface area contributed by atoms with Crippen molar-refractivity contribution in [2.45, 2.75) is 0 Å². The quantitative estimate of drug-likeness (QED) is 0.484.